The minimum absolute atomic E-state index is 0.0324. The summed E-state index contributed by atoms with van der Waals surface area (Å²) in [6.45, 7) is 2.21. The summed E-state index contributed by atoms with van der Waals surface area (Å²) in [6.07, 6.45) is 3.19. The molecule has 0 bridgehead atoms. The topological polar surface area (TPSA) is 390 Å². The van der Waals surface area contributed by atoms with Gasteiger partial charge in [0.15, 0.2) is 11.9 Å². The Balaban J connectivity index is 1.51. The average Bonchev–Trinajstić information content (AvgIpc) is 3.86. The van der Waals surface area contributed by atoms with Crippen LogP contribution < -0.4 is 65.5 Å². The van der Waals surface area contributed by atoms with Gasteiger partial charge in [0.05, 0.1) is 6.33 Å². The third-order valence-electron chi connectivity index (χ3n) is 11.5. The molecule has 24 heteroatoms. The maximum atomic E-state index is 14.6. The van der Waals surface area contributed by atoms with Gasteiger partial charge in [0.2, 0.25) is 47.3 Å². The molecule has 5 rings (SSSR count). The molecule has 72 heavy (non-hydrogen) atoms. The highest BCUT2D eigenvalue weighted by molar-refractivity contribution is 5.98. The summed E-state index contributed by atoms with van der Waals surface area (Å²) in [6, 6.07) is 12.6. The van der Waals surface area contributed by atoms with E-state index in [2.05, 4.69) is 62.5 Å². The lowest BCUT2D eigenvalue weighted by Crippen LogP contribution is -2.63. The number of nitrogens with one attached hydrogen (secondary N) is 9. The van der Waals surface area contributed by atoms with Gasteiger partial charge in [-0.15, -0.1) is 0 Å². The summed E-state index contributed by atoms with van der Waals surface area (Å²) < 4.78 is 0. The molecule has 0 unspecified atom stereocenters. The number of amides is 8. The Morgan fingerprint density at radius 3 is 1.89 bits per heavy atom. The van der Waals surface area contributed by atoms with Gasteiger partial charge in [-0.05, 0) is 54.5 Å². The van der Waals surface area contributed by atoms with Crippen LogP contribution in [0.2, 0.25) is 0 Å². The SMILES string of the molecule is CC(=O)N[C@@H](CCCN=C(N)N)C(=O)N[C@@H](C)C(=O)N[C@H]1CNC(=O)[C@@H](Cc2ccccc2)NC(=O)[C@H](Cc2cnc[nH]2)NC(=O)[C@H](Cc2ccc3ccccc3c2)NC(=O)[C@H](CCCN=C(N)N)NC1=O. The molecule has 0 radical (unpaired) electrons. The Morgan fingerprint density at radius 1 is 0.667 bits per heavy atom. The Morgan fingerprint density at radius 2 is 1.25 bits per heavy atom. The largest absolute Gasteiger partial charge is 0.370 e. The maximum Gasteiger partial charge on any atom is 0.245 e. The van der Waals surface area contributed by atoms with Crippen LogP contribution in [0.25, 0.3) is 10.8 Å². The maximum absolute atomic E-state index is 14.6. The third kappa shape index (κ3) is 17.4. The number of hydrogen-bond acceptors (Lipinski definition) is 11. The van der Waals surface area contributed by atoms with Gasteiger partial charge in [-0.2, -0.15) is 0 Å². The van der Waals surface area contributed by atoms with Crippen molar-refractivity contribution in [1.29, 1.82) is 0 Å². The Bertz CT molecular complexity index is 2580. The molecule has 2 heterocycles. The summed E-state index contributed by atoms with van der Waals surface area (Å²) in [5, 5.41) is 23.2. The highest BCUT2D eigenvalue weighted by Crippen LogP contribution is 2.18. The number of carbonyl (C=O) groups excluding carboxylic acids is 8. The highest BCUT2D eigenvalue weighted by Gasteiger charge is 2.35. The quantitative estimate of drug-likeness (QED) is 0.0258. The van der Waals surface area contributed by atoms with E-state index in [9.17, 15) is 38.4 Å². The van der Waals surface area contributed by atoms with Crippen LogP contribution in [0.15, 0.2) is 95.3 Å². The van der Waals surface area contributed by atoms with E-state index < -0.39 is 96.1 Å². The van der Waals surface area contributed by atoms with Crippen molar-refractivity contribution in [2.45, 2.75) is 101 Å². The first kappa shape index (κ1) is 54.4. The minimum atomic E-state index is -1.61. The fourth-order valence-corrected chi connectivity index (χ4v) is 7.79. The number of imidazole rings is 1. The number of rotatable bonds is 19. The van der Waals surface area contributed by atoms with Crippen LogP contribution in [0.3, 0.4) is 0 Å². The summed E-state index contributed by atoms with van der Waals surface area (Å²) >= 11 is 0. The normalized spacial score (nSPS) is 19.7. The van der Waals surface area contributed by atoms with Crippen molar-refractivity contribution in [3.63, 3.8) is 0 Å². The number of H-pyrrole nitrogens is 1. The minimum Gasteiger partial charge on any atom is -0.370 e. The van der Waals surface area contributed by atoms with E-state index in [0.29, 0.717) is 23.2 Å². The zero-order chi connectivity index (χ0) is 52.2. The van der Waals surface area contributed by atoms with Crippen molar-refractivity contribution >= 4 is 69.9 Å². The van der Waals surface area contributed by atoms with Gasteiger partial charge >= 0.3 is 0 Å². The second-order valence-corrected chi connectivity index (χ2v) is 17.3. The number of benzene rings is 3. The molecule has 384 valence electrons. The van der Waals surface area contributed by atoms with E-state index in [1.807, 2.05) is 42.5 Å². The van der Waals surface area contributed by atoms with Crippen molar-refractivity contribution in [2.75, 3.05) is 19.6 Å². The smallest absolute Gasteiger partial charge is 0.245 e. The second-order valence-electron chi connectivity index (χ2n) is 17.3. The molecule has 7 atom stereocenters. The van der Waals surface area contributed by atoms with Gasteiger partial charge in [-0.25, -0.2) is 4.98 Å². The molecule has 3 aromatic carbocycles. The van der Waals surface area contributed by atoms with Gasteiger partial charge in [0.1, 0.15) is 42.3 Å². The molecule has 1 fully saturated rings. The fourth-order valence-electron chi connectivity index (χ4n) is 7.79. The predicted octanol–water partition coefficient (Wildman–Crippen LogP) is -2.74. The Labute approximate surface area is 415 Å². The Kier molecular flexibility index (Phi) is 20.4. The lowest BCUT2D eigenvalue weighted by Gasteiger charge is -2.29. The van der Waals surface area contributed by atoms with Gasteiger partial charge in [0, 0.05) is 57.7 Å². The number of aromatic nitrogens is 2. The summed E-state index contributed by atoms with van der Waals surface area (Å²) in [5.41, 5.74) is 23.7. The monoisotopic (exact) mass is 993 g/mol. The second kappa shape index (κ2) is 27.0. The first-order valence-electron chi connectivity index (χ1n) is 23.4. The zero-order valence-electron chi connectivity index (χ0n) is 40.1. The lowest BCUT2D eigenvalue weighted by atomic mass is 9.99. The molecule has 24 nitrogen and oxygen atoms in total. The van der Waals surface area contributed by atoms with Crippen molar-refractivity contribution in [3.8, 4) is 0 Å². The summed E-state index contributed by atoms with van der Waals surface area (Å²) in [7, 11) is 0. The van der Waals surface area contributed by atoms with E-state index in [1.165, 1.54) is 26.4 Å². The number of nitrogens with zero attached hydrogens (tertiary/aromatic N) is 3. The molecule has 1 aliphatic heterocycles. The number of nitrogens with two attached hydrogens (primary N) is 4. The zero-order valence-corrected chi connectivity index (χ0v) is 40.1. The van der Waals surface area contributed by atoms with Crippen LogP contribution in [0, 0.1) is 0 Å². The standard InChI is InChI=1S/C48H64N16O8/c1-27(58-42(68)34(59-28(2)65)14-8-18-54-47(49)50)40(66)64-39-25-56-41(67)36(21-29-10-4-3-5-11-29)61-45(71)38(23-33-24-53-26-57-33)63-44(70)37(22-30-16-17-31-12-6-7-13-32(31)20-30)62-43(69)35(60-46(39)72)15-9-19-55-48(51)52/h3-7,10-13,16-17,20,24,26-27,34-39H,8-9,14-15,18-19,21-23,25H2,1-2H3,(H,53,57)(H,56,67)(H,58,68)(H,59,65)(H,60,72)(H,61,71)(H,62,69)(H,63,70)(H,64,66)(H4,49,50,54)(H4,51,52,55)/t27-,34-,35-,36+,37-,38-,39-/m0/s1. The van der Waals surface area contributed by atoms with Crippen LogP contribution >= 0.6 is 0 Å². The molecule has 0 spiro atoms. The molecule has 1 aliphatic rings. The first-order valence-corrected chi connectivity index (χ1v) is 23.4. The first-order chi connectivity index (χ1) is 34.4. The molecular weight excluding hydrogens is 929 g/mol. The van der Waals surface area contributed by atoms with Crippen molar-refractivity contribution in [1.82, 2.24) is 52.5 Å². The number of fused-ring (bicyclic) bond motifs is 1. The van der Waals surface area contributed by atoms with Crippen LogP contribution in [0.4, 0.5) is 0 Å². The number of aliphatic imine (C=N–C) groups is 2. The molecule has 4 aromatic rings. The fraction of sp³-hybridized carbons (Fsp3) is 0.396. The molecule has 17 N–H and O–H groups in total. The molecular formula is C48H64N16O8. The van der Waals surface area contributed by atoms with E-state index >= 15 is 0 Å². The van der Waals surface area contributed by atoms with Gasteiger partial charge in [0.25, 0.3) is 0 Å². The van der Waals surface area contributed by atoms with E-state index in [0.717, 1.165) is 10.8 Å². The number of carbonyl (C=O) groups is 8. The highest BCUT2D eigenvalue weighted by atomic mass is 16.2. The van der Waals surface area contributed by atoms with Crippen LogP contribution in [-0.2, 0) is 57.6 Å². The molecule has 8 amide bonds. The molecule has 0 saturated carbocycles. The van der Waals surface area contributed by atoms with Gasteiger partial charge in [-0.3, -0.25) is 48.3 Å². The van der Waals surface area contributed by atoms with E-state index in [1.54, 1.807) is 30.3 Å². The van der Waals surface area contributed by atoms with Crippen LogP contribution in [0.1, 0.15) is 56.4 Å². The number of hydrogen-bond donors (Lipinski definition) is 13. The van der Waals surface area contributed by atoms with Crippen LogP contribution in [-0.4, -0.2) is 131 Å². The third-order valence-corrected chi connectivity index (χ3v) is 11.5. The van der Waals surface area contributed by atoms with Crippen LogP contribution in [0.5, 0.6) is 0 Å². The van der Waals surface area contributed by atoms with E-state index in [-0.39, 0.29) is 63.5 Å². The molecule has 1 saturated heterocycles. The van der Waals surface area contributed by atoms with Crippen molar-refractivity contribution in [2.24, 2.45) is 32.9 Å². The van der Waals surface area contributed by atoms with E-state index in [4.69, 9.17) is 22.9 Å². The molecule has 0 aliphatic carbocycles. The molecule has 1 aromatic heterocycles. The lowest BCUT2D eigenvalue weighted by molar-refractivity contribution is -0.136. The number of guanidine groups is 2. The van der Waals surface area contributed by atoms with Gasteiger partial charge in [-0.1, -0.05) is 72.8 Å². The van der Waals surface area contributed by atoms with Crippen molar-refractivity contribution in [3.05, 3.63) is 102 Å². The number of aromatic amines is 1. The average molecular weight is 993 g/mol. The summed E-state index contributed by atoms with van der Waals surface area (Å²) in [4.78, 5) is 126. The van der Waals surface area contributed by atoms with Gasteiger partial charge < -0.3 is 70.5 Å². The Hall–Kier alpha value is -8.57. The predicted molar refractivity (Wildman–Crippen MR) is 268 cm³/mol. The van der Waals surface area contributed by atoms with Crippen molar-refractivity contribution < 1.29 is 38.4 Å². The summed E-state index contributed by atoms with van der Waals surface area (Å²) in [5.74, 6) is -6.50.